The number of carbonyl (C=O) groups excluding carboxylic acids is 2. The van der Waals surface area contributed by atoms with E-state index in [0.717, 1.165) is 23.3 Å². The lowest BCUT2D eigenvalue weighted by atomic mass is 10.2. The summed E-state index contributed by atoms with van der Waals surface area (Å²) in [5, 5.41) is 2.94. The summed E-state index contributed by atoms with van der Waals surface area (Å²) in [7, 11) is 1.64. The standard InChI is InChI=1S/C24H35N3O3S/c1-4-5-14-25-24(29)26(15-9-16-30-3)19-23(28)27(17-21-10-7-6-8-11-21)18-22-13-12-20(2)31-22/h6-8,10-13H,4-5,9,14-19H2,1-3H3,(H,25,29). The number of rotatable bonds is 13. The summed E-state index contributed by atoms with van der Waals surface area (Å²) in [6, 6.07) is 13.9. The number of methoxy groups -OCH3 is 1. The molecular weight excluding hydrogens is 410 g/mol. The Kier molecular flexibility index (Phi) is 11.1. The molecule has 0 aliphatic heterocycles. The molecule has 0 aliphatic carbocycles. The molecule has 0 spiro atoms. The molecule has 1 aromatic carbocycles. The summed E-state index contributed by atoms with van der Waals surface area (Å²) in [6.07, 6.45) is 2.62. The van der Waals surface area contributed by atoms with Gasteiger partial charge in [-0.15, -0.1) is 11.3 Å². The number of benzene rings is 1. The zero-order chi connectivity index (χ0) is 22.5. The number of unbranched alkanes of at least 4 members (excludes halogenated alkanes) is 1. The minimum atomic E-state index is -0.190. The lowest BCUT2D eigenvalue weighted by Crippen LogP contribution is -2.47. The van der Waals surface area contributed by atoms with Crippen LogP contribution in [0.15, 0.2) is 42.5 Å². The van der Waals surface area contributed by atoms with Gasteiger partial charge in [-0.2, -0.15) is 0 Å². The number of amides is 3. The molecule has 0 atom stereocenters. The summed E-state index contributed by atoms with van der Waals surface area (Å²) in [4.78, 5) is 31.8. The Hall–Kier alpha value is -2.38. The topological polar surface area (TPSA) is 61.9 Å². The maximum absolute atomic E-state index is 13.3. The number of ether oxygens (including phenoxy) is 1. The number of nitrogens with one attached hydrogen (secondary N) is 1. The average Bonchev–Trinajstić information content (AvgIpc) is 3.18. The molecule has 1 N–H and O–H groups in total. The molecular formula is C24H35N3O3S. The van der Waals surface area contributed by atoms with Gasteiger partial charge in [0.05, 0.1) is 6.54 Å². The Morgan fingerprint density at radius 2 is 1.81 bits per heavy atom. The van der Waals surface area contributed by atoms with Gasteiger partial charge in [0.15, 0.2) is 0 Å². The first-order valence-corrected chi connectivity index (χ1v) is 11.7. The van der Waals surface area contributed by atoms with Crippen LogP contribution in [0.4, 0.5) is 4.79 Å². The van der Waals surface area contributed by atoms with E-state index in [-0.39, 0.29) is 18.5 Å². The minimum Gasteiger partial charge on any atom is -0.385 e. The number of urea groups is 1. The molecule has 7 heteroatoms. The van der Waals surface area contributed by atoms with Crippen molar-refractivity contribution in [2.45, 2.75) is 46.2 Å². The molecule has 3 amide bonds. The number of hydrogen-bond acceptors (Lipinski definition) is 4. The number of aryl methyl sites for hydroxylation is 1. The number of nitrogens with zero attached hydrogens (tertiary/aromatic N) is 2. The predicted molar refractivity (Wildman–Crippen MR) is 126 cm³/mol. The van der Waals surface area contributed by atoms with Crippen molar-refractivity contribution < 1.29 is 14.3 Å². The number of carbonyl (C=O) groups is 2. The van der Waals surface area contributed by atoms with Gasteiger partial charge in [0.2, 0.25) is 5.91 Å². The quantitative estimate of drug-likeness (QED) is 0.464. The molecule has 2 aromatic rings. The maximum Gasteiger partial charge on any atom is 0.317 e. The van der Waals surface area contributed by atoms with Crippen molar-refractivity contribution in [3.63, 3.8) is 0 Å². The molecule has 31 heavy (non-hydrogen) atoms. The van der Waals surface area contributed by atoms with Crippen LogP contribution in [0.1, 0.15) is 41.5 Å². The summed E-state index contributed by atoms with van der Waals surface area (Å²) < 4.78 is 5.13. The van der Waals surface area contributed by atoms with Gasteiger partial charge in [-0.1, -0.05) is 43.7 Å². The third-order valence-corrected chi connectivity index (χ3v) is 5.89. The van der Waals surface area contributed by atoms with Crippen LogP contribution in [0.5, 0.6) is 0 Å². The zero-order valence-corrected chi connectivity index (χ0v) is 19.7. The van der Waals surface area contributed by atoms with Gasteiger partial charge in [-0.05, 0) is 37.5 Å². The summed E-state index contributed by atoms with van der Waals surface area (Å²) in [5.74, 6) is -0.0574. The van der Waals surface area contributed by atoms with Gasteiger partial charge < -0.3 is 19.9 Å². The fraction of sp³-hybridized carbons (Fsp3) is 0.500. The number of hydrogen-bond donors (Lipinski definition) is 1. The molecule has 1 heterocycles. The van der Waals surface area contributed by atoms with Crippen LogP contribution in [0.2, 0.25) is 0 Å². The van der Waals surface area contributed by atoms with Crippen LogP contribution in [0.25, 0.3) is 0 Å². The van der Waals surface area contributed by atoms with Crippen LogP contribution in [0.3, 0.4) is 0 Å². The average molecular weight is 446 g/mol. The largest absolute Gasteiger partial charge is 0.385 e. The van der Waals surface area contributed by atoms with Crippen molar-refractivity contribution in [2.24, 2.45) is 0 Å². The van der Waals surface area contributed by atoms with E-state index in [1.165, 1.54) is 4.88 Å². The molecule has 0 aliphatic rings. The third-order valence-electron chi connectivity index (χ3n) is 4.91. The highest BCUT2D eigenvalue weighted by atomic mass is 32.1. The van der Waals surface area contributed by atoms with E-state index in [1.54, 1.807) is 23.3 Å². The summed E-state index contributed by atoms with van der Waals surface area (Å²) in [6.45, 7) is 6.90. The van der Waals surface area contributed by atoms with Gasteiger partial charge >= 0.3 is 6.03 Å². The van der Waals surface area contributed by atoms with Crippen LogP contribution in [0, 0.1) is 6.92 Å². The predicted octanol–water partition coefficient (Wildman–Crippen LogP) is 4.43. The molecule has 2 rings (SSSR count). The van der Waals surface area contributed by atoms with Crippen molar-refractivity contribution >= 4 is 23.3 Å². The first-order chi connectivity index (χ1) is 15.0. The van der Waals surface area contributed by atoms with Crippen LogP contribution in [-0.4, -0.2) is 55.1 Å². The van der Waals surface area contributed by atoms with Crippen LogP contribution < -0.4 is 5.32 Å². The number of thiophene rings is 1. The second-order valence-corrected chi connectivity index (χ2v) is 8.97. The van der Waals surface area contributed by atoms with Gasteiger partial charge in [-0.25, -0.2) is 4.79 Å². The lowest BCUT2D eigenvalue weighted by molar-refractivity contribution is -0.133. The van der Waals surface area contributed by atoms with Gasteiger partial charge in [0.25, 0.3) is 0 Å². The fourth-order valence-electron chi connectivity index (χ4n) is 3.19. The Morgan fingerprint density at radius 1 is 1.03 bits per heavy atom. The Balaban J connectivity index is 2.10. The lowest BCUT2D eigenvalue weighted by Gasteiger charge is -2.28. The summed E-state index contributed by atoms with van der Waals surface area (Å²) in [5.41, 5.74) is 1.07. The first kappa shape index (κ1) is 24.9. The van der Waals surface area contributed by atoms with Crippen molar-refractivity contribution in [3.8, 4) is 0 Å². The van der Waals surface area contributed by atoms with Crippen molar-refractivity contribution in [1.82, 2.24) is 15.1 Å². The van der Waals surface area contributed by atoms with E-state index in [4.69, 9.17) is 4.74 Å². The van der Waals surface area contributed by atoms with Gasteiger partial charge in [0, 0.05) is 43.1 Å². The SMILES string of the molecule is CCCCNC(=O)N(CCCOC)CC(=O)N(Cc1ccccc1)Cc1ccc(C)s1. The van der Waals surface area contributed by atoms with Crippen LogP contribution in [-0.2, 0) is 22.6 Å². The second-order valence-electron chi connectivity index (χ2n) is 7.60. The normalized spacial score (nSPS) is 10.7. The molecule has 6 nitrogen and oxygen atoms in total. The first-order valence-electron chi connectivity index (χ1n) is 10.9. The second kappa shape index (κ2) is 13.8. The summed E-state index contributed by atoms with van der Waals surface area (Å²) >= 11 is 1.70. The monoisotopic (exact) mass is 445 g/mol. The van der Waals surface area contributed by atoms with Crippen molar-refractivity contribution in [2.75, 3.05) is 33.4 Å². The fourth-order valence-corrected chi connectivity index (χ4v) is 4.10. The molecule has 170 valence electrons. The molecule has 0 saturated heterocycles. The van der Waals surface area contributed by atoms with Crippen molar-refractivity contribution in [1.29, 1.82) is 0 Å². The van der Waals surface area contributed by atoms with E-state index in [0.29, 0.717) is 39.2 Å². The van der Waals surface area contributed by atoms with E-state index in [9.17, 15) is 9.59 Å². The zero-order valence-electron chi connectivity index (χ0n) is 18.9. The molecule has 0 unspecified atom stereocenters. The molecule has 0 saturated carbocycles. The Labute approximate surface area is 190 Å². The smallest absolute Gasteiger partial charge is 0.317 e. The van der Waals surface area contributed by atoms with Crippen LogP contribution >= 0.6 is 11.3 Å². The maximum atomic E-state index is 13.3. The Morgan fingerprint density at radius 3 is 2.45 bits per heavy atom. The molecule has 1 aromatic heterocycles. The van der Waals surface area contributed by atoms with E-state index in [1.807, 2.05) is 35.2 Å². The highest BCUT2D eigenvalue weighted by Gasteiger charge is 2.22. The Bertz CT molecular complexity index is 794. The van der Waals surface area contributed by atoms with Gasteiger partial charge in [-0.3, -0.25) is 4.79 Å². The third kappa shape index (κ3) is 9.11. The molecule has 0 fully saturated rings. The molecule has 0 radical (unpaired) electrons. The highest BCUT2D eigenvalue weighted by Crippen LogP contribution is 2.19. The highest BCUT2D eigenvalue weighted by molar-refractivity contribution is 7.11. The van der Waals surface area contributed by atoms with Crippen molar-refractivity contribution in [3.05, 3.63) is 57.8 Å². The van der Waals surface area contributed by atoms with Gasteiger partial charge in [0.1, 0.15) is 6.54 Å². The minimum absolute atomic E-state index is 0.0544. The molecule has 0 bridgehead atoms. The van der Waals surface area contributed by atoms with E-state index < -0.39 is 0 Å². The van der Waals surface area contributed by atoms with E-state index >= 15 is 0 Å². The van der Waals surface area contributed by atoms with E-state index in [2.05, 4.69) is 31.3 Å².